The van der Waals surface area contributed by atoms with Crippen molar-refractivity contribution in [2.24, 2.45) is 0 Å². The van der Waals surface area contributed by atoms with Crippen molar-refractivity contribution in [2.45, 2.75) is 64.1 Å². The van der Waals surface area contributed by atoms with Crippen molar-refractivity contribution in [3.05, 3.63) is 88.4 Å². The summed E-state index contributed by atoms with van der Waals surface area (Å²) in [5.41, 5.74) is 0.284. The van der Waals surface area contributed by atoms with Gasteiger partial charge in [0.2, 0.25) is 11.8 Å². The van der Waals surface area contributed by atoms with Crippen LogP contribution in [0.3, 0.4) is 0 Å². The van der Waals surface area contributed by atoms with Crippen LogP contribution in [0.15, 0.2) is 77.7 Å². The summed E-state index contributed by atoms with van der Waals surface area (Å²) >= 11 is 12.4. The number of anilines is 1. The Morgan fingerprint density at radius 2 is 1.57 bits per heavy atom. The third kappa shape index (κ3) is 8.40. The van der Waals surface area contributed by atoms with Crippen LogP contribution in [0.1, 0.15) is 46.6 Å². The molecule has 3 rings (SSSR count). The minimum absolute atomic E-state index is 0.00186. The van der Waals surface area contributed by atoms with Crippen LogP contribution in [0, 0.1) is 0 Å². The molecule has 0 spiro atoms. The fraction of sp³-hybridized carbons (Fsp3) is 0.355. The predicted octanol–water partition coefficient (Wildman–Crippen LogP) is 6.31. The zero-order chi connectivity index (χ0) is 31.1. The molecule has 0 saturated heterocycles. The SMILES string of the molecule is CCOc1ccccc1N(CC(=O)N(Cc1ccc(Cl)c(Cl)c1)C(CC)C(=O)NC(C)(C)C)S(=O)(=O)c1ccccc1. The first-order valence-corrected chi connectivity index (χ1v) is 15.8. The van der Waals surface area contributed by atoms with Gasteiger partial charge in [-0.05, 0) is 76.1 Å². The lowest BCUT2D eigenvalue weighted by atomic mass is 10.1. The van der Waals surface area contributed by atoms with Gasteiger partial charge in [0.15, 0.2) is 0 Å². The second-order valence-corrected chi connectivity index (χ2v) is 13.3. The molecule has 1 atom stereocenters. The van der Waals surface area contributed by atoms with Gasteiger partial charge in [-0.2, -0.15) is 0 Å². The molecule has 0 heterocycles. The van der Waals surface area contributed by atoms with Gasteiger partial charge >= 0.3 is 0 Å². The molecule has 0 bridgehead atoms. The topological polar surface area (TPSA) is 96.0 Å². The number of ether oxygens (including phenoxy) is 1. The molecule has 42 heavy (non-hydrogen) atoms. The van der Waals surface area contributed by atoms with Crippen molar-refractivity contribution in [1.82, 2.24) is 10.2 Å². The first-order chi connectivity index (χ1) is 19.8. The molecule has 8 nitrogen and oxygen atoms in total. The Hall–Kier alpha value is -3.27. The number of carbonyl (C=O) groups excluding carboxylic acids is 2. The molecule has 0 fully saturated rings. The quantitative estimate of drug-likeness (QED) is 0.252. The van der Waals surface area contributed by atoms with E-state index < -0.39 is 34.1 Å². The Kier molecular flexibility index (Phi) is 11.3. The number of nitrogens with zero attached hydrogens (tertiary/aromatic N) is 2. The molecule has 11 heteroatoms. The van der Waals surface area contributed by atoms with Crippen LogP contribution < -0.4 is 14.4 Å². The number of amides is 2. The first kappa shape index (κ1) is 33.2. The highest BCUT2D eigenvalue weighted by molar-refractivity contribution is 7.92. The number of benzene rings is 3. The summed E-state index contributed by atoms with van der Waals surface area (Å²) in [6.45, 7) is 8.84. The summed E-state index contributed by atoms with van der Waals surface area (Å²) in [5, 5.41) is 3.60. The molecule has 1 N–H and O–H groups in total. The van der Waals surface area contributed by atoms with Gasteiger partial charge in [-0.15, -0.1) is 0 Å². The minimum Gasteiger partial charge on any atom is -0.492 e. The molecule has 0 radical (unpaired) electrons. The van der Waals surface area contributed by atoms with E-state index in [9.17, 15) is 18.0 Å². The van der Waals surface area contributed by atoms with Gasteiger partial charge in [0.1, 0.15) is 18.3 Å². The van der Waals surface area contributed by atoms with Crippen LogP contribution in [-0.4, -0.2) is 49.9 Å². The minimum atomic E-state index is -4.22. The second-order valence-electron chi connectivity index (χ2n) is 10.7. The highest BCUT2D eigenvalue weighted by Gasteiger charge is 2.35. The van der Waals surface area contributed by atoms with Crippen molar-refractivity contribution >= 4 is 50.7 Å². The number of hydrogen-bond donors (Lipinski definition) is 1. The third-order valence-corrected chi connectivity index (χ3v) is 8.78. The molecule has 0 aliphatic rings. The predicted molar refractivity (Wildman–Crippen MR) is 168 cm³/mol. The molecular formula is C31H37Cl2N3O5S. The van der Waals surface area contributed by atoms with E-state index in [2.05, 4.69) is 5.32 Å². The summed E-state index contributed by atoms with van der Waals surface area (Å²) in [5.74, 6) is -0.630. The molecule has 3 aromatic rings. The van der Waals surface area contributed by atoms with E-state index in [0.29, 0.717) is 28.0 Å². The van der Waals surface area contributed by atoms with Crippen molar-refractivity contribution in [3.63, 3.8) is 0 Å². The van der Waals surface area contributed by atoms with Gasteiger partial charge in [-0.1, -0.05) is 66.5 Å². The second kappa shape index (κ2) is 14.3. The zero-order valence-corrected chi connectivity index (χ0v) is 26.8. The molecule has 0 aliphatic carbocycles. The number of rotatable bonds is 12. The van der Waals surface area contributed by atoms with Crippen molar-refractivity contribution < 1.29 is 22.7 Å². The molecule has 1 unspecified atom stereocenters. The van der Waals surface area contributed by atoms with Crippen LogP contribution in [-0.2, 0) is 26.2 Å². The van der Waals surface area contributed by atoms with Crippen molar-refractivity contribution in [1.29, 1.82) is 0 Å². The largest absolute Gasteiger partial charge is 0.492 e. The summed E-state index contributed by atoms with van der Waals surface area (Å²) in [6.07, 6.45) is 0.288. The summed E-state index contributed by atoms with van der Waals surface area (Å²) in [7, 11) is -4.22. The average Bonchev–Trinajstić information content (AvgIpc) is 2.93. The van der Waals surface area contributed by atoms with Gasteiger partial charge in [0.25, 0.3) is 10.0 Å². The van der Waals surface area contributed by atoms with E-state index in [1.54, 1.807) is 74.5 Å². The average molecular weight is 635 g/mol. The molecule has 2 amide bonds. The molecular weight excluding hydrogens is 597 g/mol. The van der Waals surface area contributed by atoms with Crippen LogP contribution in [0.2, 0.25) is 10.0 Å². The monoisotopic (exact) mass is 633 g/mol. The van der Waals surface area contributed by atoms with E-state index in [1.807, 2.05) is 20.8 Å². The van der Waals surface area contributed by atoms with Crippen molar-refractivity contribution in [2.75, 3.05) is 17.5 Å². The van der Waals surface area contributed by atoms with E-state index in [4.69, 9.17) is 27.9 Å². The maximum absolute atomic E-state index is 14.2. The zero-order valence-electron chi connectivity index (χ0n) is 24.4. The van der Waals surface area contributed by atoms with E-state index in [-0.39, 0.29) is 29.5 Å². The normalized spacial score (nSPS) is 12.4. The number of hydrogen-bond acceptors (Lipinski definition) is 5. The number of sulfonamides is 1. The number of nitrogens with one attached hydrogen (secondary N) is 1. The lowest BCUT2D eigenvalue weighted by molar-refractivity contribution is -0.141. The first-order valence-electron chi connectivity index (χ1n) is 13.6. The molecule has 0 aromatic heterocycles. The van der Waals surface area contributed by atoms with Gasteiger partial charge in [-0.25, -0.2) is 8.42 Å². The lowest BCUT2D eigenvalue weighted by Gasteiger charge is -2.35. The number of carbonyl (C=O) groups is 2. The van der Waals surface area contributed by atoms with Crippen LogP contribution in [0.5, 0.6) is 5.75 Å². The van der Waals surface area contributed by atoms with Crippen molar-refractivity contribution in [3.8, 4) is 5.75 Å². The lowest BCUT2D eigenvalue weighted by Crippen LogP contribution is -2.55. The molecule has 0 saturated carbocycles. The molecule has 3 aromatic carbocycles. The Balaban J connectivity index is 2.12. The van der Waals surface area contributed by atoms with Crippen LogP contribution in [0.4, 0.5) is 5.69 Å². The number of halogens is 2. The van der Waals surface area contributed by atoms with Gasteiger partial charge in [-0.3, -0.25) is 13.9 Å². The fourth-order valence-electron chi connectivity index (χ4n) is 4.38. The van der Waals surface area contributed by atoms with Gasteiger partial charge < -0.3 is 15.0 Å². The highest BCUT2D eigenvalue weighted by Crippen LogP contribution is 2.33. The Morgan fingerprint density at radius 1 is 0.929 bits per heavy atom. The highest BCUT2D eigenvalue weighted by atomic mass is 35.5. The van der Waals surface area contributed by atoms with E-state index >= 15 is 0 Å². The van der Waals surface area contributed by atoms with Crippen LogP contribution in [0.25, 0.3) is 0 Å². The number of para-hydroxylation sites is 2. The molecule has 226 valence electrons. The molecule has 0 aliphatic heterocycles. The Labute approximate surface area is 258 Å². The Morgan fingerprint density at radius 3 is 2.17 bits per heavy atom. The third-order valence-electron chi connectivity index (χ3n) is 6.26. The van der Waals surface area contributed by atoms with Gasteiger partial charge in [0.05, 0.1) is 27.2 Å². The van der Waals surface area contributed by atoms with E-state index in [0.717, 1.165) is 4.31 Å². The maximum Gasteiger partial charge on any atom is 0.264 e. The maximum atomic E-state index is 14.2. The summed E-state index contributed by atoms with van der Waals surface area (Å²) in [4.78, 5) is 29.1. The van der Waals surface area contributed by atoms with E-state index in [1.165, 1.54) is 17.0 Å². The fourth-order valence-corrected chi connectivity index (χ4v) is 6.15. The van der Waals surface area contributed by atoms with Gasteiger partial charge in [0, 0.05) is 12.1 Å². The summed E-state index contributed by atoms with van der Waals surface area (Å²) in [6, 6.07) is 18.6. The smallest absolute Gasteiger partial charge is 0.264 e. The standard InChI is InChI=1S/C31H37Cl2N3O5S/c1-6-26(30(38)34-31(3,4)5)35(20-22-17-18-24(32)25(33)19-22)29(37)21-36(27-15-11-12-16-28(27)41-7-2)42(39,40)23-13-9-8-10-14-23/h8-19,26H,6-7,20-21H2,1-5H3,(H,34,38). The summed E-state index contributed by atoms with van der Waals surface area (Å²) < 4.78 is 34.9. The van der Waals surface area contributed by atoms with Crippen LogP contribution >= 0.6 is 23.2 Å². The Bertz CT molecular complexity index is 1490.